The molecule has 2 heterocycles. The van der Waals surface area contributed by atoms with Crippen LogP contribution in [0.15, 0.2) is 29.2 Å². The fourth-order valence-corrected chi connectivity index (χ4v) is 4.85. The van der Waals surface area contributed by atoms with Crippen LogP contribution >= 0.6 is 11.5 Å². The van der Waals surface area contributed by atoms with Crippen molar-refractivity contribution in [2.75, 3.05) is 11.1 Å². The Labute approximate surface area is 128 Å². The molecule has 112 valence electrons. The Morgan fingerprint density at radius 2 is 2.00 bits per heavy atom. The molecule has 1 aliphatic rings. The molecule has 1 aromatic carbocycles. The molecular formula is C14H17N3O2S2. The summed E-state index contributed by atoms with van der Waals surface area (Å²) < 4.78 is 28.6. The number of sulfone groups is 1. The SMILES string of the molecule is CC(C)(C)c1nsc(NC2CS(=O)(=O)c3ccccc32)n1. The van der Waals surface area contributed by atoms with E-state index in [0.717, 1.165) is 11.4 Å². The lowest BCUT2D eigenvalue weighted by Crippen LogP contribution is -2.15. The Balaban J connectivity index is 1.89. The van der Waals surface area contributed by atoms with Crippen LogP contribution in [0.2, 0.25) is 0 Å². The van der Waals surface area contributed by atoms with Crippen molar-refractivity contribution in [1.82, 2.24) is 9.36 Å². The summed E-state index contributed by atoms with van der Waals surface area (Å²) in [5.41, 5.74) is 0.695. The highest BCUT2D eigenvalue weighted by Gasteiger charge is 2.35. The van der Waals surface area contributed by atoms with Crippen molar-refractivity contribution in [3.8, 4) is 0 Å². The fraction of sp³-hybridized carbons (Fsp3) is 0.429. The quantitative estimate of drug-likeness (QED) is 0.920. The minimum Gasteiger partial charge on any atom is -0.352 e. The molecule has 2 aromatic rings. The molecule has 1 aromatic heterocycles. The second kappa shape index (κ2) is 4.78. The smallest absolute Gasteiger partial charge is 0.203 e. The van der Waals surface area contributed by atoms with Crippen LogP contribution in [0.4, 0.5) is 5.13 Å². The largest absolute Gasteiger partial charge is 0.352 e. The monoisotopic (exact) mass is 323 g/mol. The topological polar surface area (TPSA) is 72.0 Å². The van der Waals surface area contributed by atoms with Gasteiger partial charge < -0.3 is 5.32 Å². The summed E-state index contributed by atoms with van der Waals surface area (Å²) in [7, 11) is -3.20. The lowest BCUT2D eigenvalue weighted by atomic mass is 9.96. The van der Waals surface area contributed by atoms with Crippen molar-refractivity contribution in [3.05, 3.63) is 35.7 Å². The second-order valence-electron chi connectivity index (χ2n) is 6.19. The third kappa shape index (κ3) is 2.67. The van der Waals surface area contributed by atoms with Crippen molar-refractivity contribution in [1.29, 1.82) is 0 Å². The number of rotatable bonds is 2. The Bertz CT molecular complexity index is 776. The van der Waals surface area contributed by atoms with Gasteiger partial charge in [-0.2, -0.15) is 4.37 Å². The number of hydrogen-bond donors (Lipinski definition) is 1. The van der Waals surface area contributed by atoms with Crippen LogP contribution in [0.3, 0.4) is 0 Å². The lowest BCUT2D eigenvalue weighted by Gasteiger charge is -2.13. The van der Waals surface area contributed by atoms with E-state index in [1.165, 1.54) is 11.5 Å². The average molecular weight is 323 g/mol. The van der Waals surface area contributed by atoms with Gasteiger partial charge in [-0.1, -0.05) is 39.0 Å². The first kappa shape index (κ1) is 14.5. The third-order valence-corrected chi connectivity index (χ3v) is 5.87. The van der Waals surface area contributed by atoms with E-state index in [1.807, 2.05) is 32.9 Å². The van der Waals surface area contributed by atoms with Crippen molar-refractivity contribution >= 4 is 26.5 Å². The summed E-state index contributed by atoms with van der Waals surface area (Å²) in [6.07, 6.45) is 0. The van der Waals surface area contributed by atoms with Crippen LogP contribution in [0.5, 0.6) is 0 Å². The van der Waals surface area contributed by atoms with Crippen molar-refractivity contribution in [3.63, 3.8) is 0 Å². The van der Waals surface area contributed by atoms with E-state index in [2.05, 4.69) is 14.7 Å². The number of benzene rings is 1. The van der Waals surface area contributed by atoms with Gasteiger partial charge in [-0.05, 0) is 11.6 Å². The van der Waals surface area contributed by atoms with Crippen LogP contribution < -0.4 is 5.32 Å². The van der Waals surface area contributed by atoms with Gasteiger partial charge in [-0.25, -0.2) is 13.4 Å². The van der Waals surface area contributed by atoms with E-state index in [-0.39, 0.29) is 17.2 Å². The molecular weight excluding hydrogens is 306 g/mol. The molecule has 21 heavy (non-hydrogen) atoms. The molecule has 0 saturated heterocycles. The molecule has 0 fully saturated rings. The molecule has 7 heteroatoms. The second-order valence-corrected chi connectivity index (χ2v) is 8.94. The van der Waals surface area contributed by atoms with Gasteiger partial charge in [0.05, 0.1) is 16.7 Å². The molecule has 0 amide bonds. The standard InChI is InChI=1S/C14H17N3O2S2/c1-14(2,3)12-16-13(20-17-12)15-10-8-21(18,19)11-7-5-4-6-9(10)11/h4-7,10H,8H2,1-3H3,(H,15,16,17). The predicted molar refractivity (Wildman–Crippen MR) is 83.5 cm³/mol. The van der Waals surface area contributed by atoms with E-state index in [1.54, 1.807) is 12.1 Å². The van der Waals surface area contributed by atoms with Crippen LogP contribution in [-0.2, 0) is 15.3 Å². The zero-order chi connectivity index (χ0) is 15.3. The normalized spacial score (nSPS) is 20.2. The zero-order valence-corrected chi connectivity index (χ0v) is 13.8. The summed E-state index contributed by atoms with van der Waals surface area (Å²) in [6, 6.07) is 6.86. The van der Waals surface area contributed by atoms with E-state index in [9.17, 15) is 8.42 Å². The maximum absolute atomic E-state index is 12.1. The Morgan fingerprint density at radius 3 is 2.67 bits per heavy atom. The van der Waals surface area contributed by atoms with Gasteiger partial charge in [0.1, 0.15) is 5.82 Å². The first-order chi connectivity index (χ1) is 9.77. The molecule has 0 aliphatic carbocycles. The minimum absolute atomic E-state index is 0.0662. The van der Waals surface area contributed by atoms with E-state index in [4.69, 9.17) is 0 Å². The highest BCUT2D eigenvalue weighted by atomic mass is 32.2. The molecule has 1 unspecified atom stereocenters. The van der Waals surface area contributed by atoms with Crippen LogP contribution in [0.1, 0.15) is 38.2 Å². The highest BCUT2D eigenvalue weighted by molar-refractivity contribution is 7.91. The van der Waals surface area contributed by atoms with Gasteiger partial charge in [0.2, 0.25) is 5.13 Å². The number of fused-ring (bicyclic) bond motifs is 1. The van der Waals surface area contributed by atoms with Crippen LogP contribution in [0, 0.1) is 0 Å². The van der Waals surface area contributed by atoms with Gasteiger partial charge in [0.25, 0.3) is 0 Å². The molecule has 3 rings (SSSR count). The summed E-state index contributed by atoms with van der Waals surface area (Å²) >= 11 is 1.27. The molecule has 1 N–H and O–H groups in total. The average Bonchev–Trinajstić information content (AvgIpc) is 2.94. The summed E-state index contributed by atoms with van der Waals surface area (Å²) in [6.45, 7) is 6.15. The van der Waals surface area contributed by atoms with Crippen LogP contribution in [0.25, 0.3) is 0 Å². The maximum Gasteiger partial charge on any atom is 0.203 e. The third-order valence-electron chi connectivity index (χ3n) is 3.41. The molecule has 1 atom stereocenters. The molecule has 0 bridgehead atoms. The zero-order valence-electron chi connectivity index (χ0n) is 12.1. The van der Waals surface area contributed by atoms with Gasteiger partial charge in [-0.15, -0.1) is 0 Å². The van der Waals surface area contributed by atoms with Crippen LogP contribution in [-0.4, -0.2) is 23.5 Å². The van der Waals surface area contributed by atoms with Gasteiger partial charge in [0.15, 0.2) is 9.84 Å². The number of nitrogens with one attached hydrogen (secondary N) is 1. The van der Waals surface area contributed by atoms with E-state index >= 15 is 0 Å². The maximum atomic E-state index is 12.1. The Morgan fingerprint density at radius 1 is 1.29 bits per heavy atom. The molecule has 0 radical (unpaired) electrons. The molecule has 0 saturated carbocycles. The molecule has 0 spiro atoms. The Kier molecular flexibility index (Phi) is 3.29. The minimum atomic E-state index is -3.20. The first-order valence-corrected chi connectivity index (χ1v) is 9.12. The number of nitrogens with zero attached hydrogens (tertiary/aromatic N) is 2. The molecule has 1 aliphatic heterocycles. The summed E-state index contributed by atoms with van der Waals surface area (Å²) in [4.78, 5) is 4.89. The van der Waals surface area contributed by atoms with Gasteiger partial charge >= 0.3 is 0 Å². The number of hydrogen-bond acceptors (Lipinski definition) is 6. The fourth-order valence-electron chi connectivity index (χ4n) is 2.31. The van der Waals surface area contributed by atoms with Crippen molar-refractivity contribution < 1.29 is 8.42 Å². The van der Waals surface area contributed by atoms with Gasteiger partial charge in [-0.3, -0.25) is 0 Å². The van der Waals surface area contributed by atoms with Crippen molar-refractivity contribution in [2.45, 2.75) is 37.1 Å². The summed E-state index contributed by atoms with van der Waals surface area (Å²) in [5, 5.41) is 3.87. The molecule has 5 nitrogen and oxygen atoms in total. The van der Waals surface area contributed by atoms with Crippen molar-refractivity contribution in [2.24, 2.45) is 0 Å². The first-order valence-electron chi connectivity index (χ1n) is 6.70. The summed E-state index contributed by atoms with van der Waals surface area (Å²) in [5.74, 6) is 0.834. The van der Waals surface area contributed by atoms with Gasteiger partial charge in [0, 0.05) is 16.9 Å². The predicted octanol–water partition coefficient (Wildman–Crippen LogP) is 2.78. The number of anilines is 1. The number of aromatic nitrogens is 2. The highest BCUT2D eigenvalue weighted by Crippen LogP contribution is 2.36. The Hall–Kier alpha value is -1.47. The van der Waals surface area contributed by atoms with E-state index < -0.39 is 9.84 Å². The lowest BCUT2D eigenvalue weighted by molar-refractivity contribution is 0.555. The van der Waals surface area contributed by atoms with E-state index in [0.29, 0.717) is 10.0 Å².